The lowest BCUT2D eigenvalue weighted by molar-refractivity contribution is 0.214. The zero-order valence-corrected chi connectivity index (χ0v) is 10.0. The van der Waals surface area contributed by atoms with Crippen molar-refractivity contribution in [3.8, 4) is 0 Å². The third-order valence-electron chi connectivity index (χ3n) is 2.03. The molecule has 0 bridgehead atoms. The van der Waals surface area contributed by atoms with Crippen molar-refractivity contribution >= 4 is 0 Å². The molecule has 15 heavy (non-hydrogen) atoms. The molecule has 0 radical (unpaired) electrons. The molecular weight excluding hydrogens is 184 g/mol. The Balaban J connectivity index is 3.88. The fraction of sp³-hybridized carbons (Fsp3) is 0.429. The normalized spacial score (nSPS) is 14.0. The first kappa shape index (κ1) is 13.9. The van der Waals surface area contributed by atoms with Crippen LogP contribution in [0.2, 0.25) is 0 Å². The summed E-state index contributed by atoms with van der Waals surface area (Å²) in [5.74, 6) is 0. The minimum Gasteiger partial charge on any atom is -0.389 e. The van der Waals surface area contributed by atoms with E-state index in [4.69, 9.17) is 0 Å². The monoisotopic (exact) mass is 206 g/mol. The van der Waals surface area contributed by atoms with E-state index in [1.807, 2.05) is 25.2 Å². The molecule has 1 heteroatoms. The van der Waals surface area contributed by atoms with E-state index in [9.17, 15) is 5.11 Å². The lowest BCUT2D eigenvalue weighted by Gasteiger charge is -2.01. The maximum atomic E-state index is 9.58. The molecule has 0 unspecified atom stereocenters. The van der Waals surface area contributed by atoms with Crippen molar-refractivity contribution in [2.24, 2.45) is 0 Å². The minimum absolute atomic E-state index is 0.352. The van der Waals surface area contributed by atoms with Gasteiger partial charge in [-0.25, -0.2) is 0 Å². The summed E-state index contributed by atoms with van der Waals surface area (Å²) < 4.78 is 0. The molecule has 1 N–H and O–H groups in total. The van der Waals surface area contributed by atoms with Crippen molar-refractivity contribution < 1.29 is 5.11 Å². The van der Waals surface area contributed by atoms with Gasteiger partial charge in [0.2, 0.25) is 0 Å². The Kier molecular flexibility index (Phi) is 7.65. The molecule has 0 aromatic carbocycles. The molecule has 0 aliphatic rings. The van der Waals surface area contributed by atoms with E-state index in [0.29, 0.717) is 0 Å². The first-order valence-corrected chi connectivity index (χ1v) is 5.35. The van der Waals surface area contributed by atoms with E-state index in [2.05, 4.69) is 26.5 Å². The van der Waals surface area contributed by atoms with Crippen molar-refractivity contribution in [1.82, 2.24) is 0 Å². The molecule has 0 aliphatic heterocycles. The molecule has 0 amide bonds. The standard InChI is InChI=1S/C14H22O/c1-5-13(4)9-7-11-14(15)10-6-8-12(2)3/h5,7-9,11,14-15H,1,6,10H2,2-4H3/b11-7+,13-9-/t14-/m1/s1. The Morgan fingerprint density at radius 1 is 1.33 bits per heavy atom. The second-order valence-corrected chi connectivity index (χ2v) is 3.93. The first-order chi connectivity index (χ1) is 7.06. The molecular formula is C14H22O. The van der Waals surface area contributed by atoms with Crippen LogP contribution in [0.4, 0.5) is 0 Å². The number of hydrogen-bond acceptors (Lipinski definition) is 1. The molecule has 0 aromatic heterocycles. The molecule has 84 valence electrons. The van der Waals surface area contributed by atoms with E-state index < -0.39 is 0 Å². The van der Waals surface area contributed by atoms with Crippen LogP contribution in [-0.4, -0.2) is 11.2 Å². The van der Waals surface area contributed by atoms with Crippen LogP contribution >= 0.6 is 0 Å². The highest BCUT2D eigenvalue weighted by atomic mass is 16.3. The molecule has 0 aliphatic carbocycles. The summed E-state index contributed by atoms with van der Waals surface area (Å²) in [6.45, 7) is 9.77. The average Bonchev–Trinajstić information content (AvgIpc) is 2.17. The lowest BCUT2D eigenvalue weighted by atomic mass is 10.1. The van der Waals surface area contributed by atoms with Crippen LogP contribution in [0.5, 0.6) is 0 Å². The Morgan fingerprint density at radius 3 is 2.53 bits per heavy atom. The number of allylic oxidation sites excluding steroid dienone is 6. The van der Waals surface area contributed by atoms with Crippen molar-refractivity contribution in [2.45, 2.75) is 39.7 Å². The van der Waals surface area contributed by atoms with Crippen molar-refractivity contribution in [2.75, 3.05) is 0 Å². The topological polar surface area (TPSA) is 20.2 Å². The zero-order valence-electron chi connectivity index (χ0n) is 10.0. The third-order valence-corrected chi connectivity index (χ3v) is 2.03. The van der Waals surface area contributed by atoms with E-state index in [0.717, 1.165) is 18.4 Å². The molecule has 0 aromatic rings. The van der Waals surface area contributed by atoms with Gasteiger partial charge < -0.3 is 5.11 Å². The fourth-order valence-corrected chi connectivity index (χ4v) is 1.04. The molecule has 0 saturated heterocycles. The van der Waals surface area contributed by atoms with E-state index in [1.54, 1.807) is 6.08 Å². The number of hydrogen-bond donors (Lipinski definition) is 1. The summed E-state index contributed by atoms with van der Waals surface area (Å²) in [5, 5.41) is 9.58. The van der Waals surface area contributed by atoms with Gasteiger partial charge in [-0.15, -0.1) is 0 Å². The Hall–Kier alpha value is -1.08. The number of aliphatic hydroxyl groups excluding tert-OH is 1. The van der Waals surface area contributed by atoms with Gasteiger partial charge in [-0.1, -0.05) is 48.1 Å². The van der Waals surface area contributed by atoms with Gasteiger partial charge in [0, 0.05) is 0 Å². The van der Waals surface area contributed by atoms with Gasteiger partial charge in [-0.2, -0.15) is 0 Å². The minimum atomic E-state index is -0.352. The maximum Gasteiger partial charge on any atom is 0.0726 e. The highest BCUT2D eigenvalue weighted by Crippen LogP contribution is 2.03. The van der Waals surface area contributed by atoms with E-state index >= 15 is 0 Å². The Bertz CT molecular complexity index is 265. The predicted molar refractivity (Wildman–Crippen MR) is 67.8 cm³/mol. The summed E-state index contributed by atoms with van der Waals surface area (Å²) in [4.78, 5) is 0. The Morgan fingerprint density at radius 2 is 2.00 bits per heavy atom. The molecule has 0 spiro atoms. The largest absolute Gasteiger partial charge is 0.389 e. The van der Waals surface area contributed by atoms with Gasteiger partial charge in [0.1, 0.15) is 0 Å². The highest BCUT2D eigenvalue weighted by molar-refractivity contribution is 5.20. The maximum absolute atomic E-state index is 9.58. The van der Waals surface area contributed by atoms with Gasteiger partial charge in [0.05, 0.1) is 6.10 Å². The second kappa shape index (κ2) is 8.25. The molecule has 0 heterocycles. The summed E-state index contributed by atoms with van der Waals surface area (Å²) in [5.41, 5.74) is 2.40. The van der Waals surface area contributed by atoms with E-state index in [1.165, 1.54) is 5.57 Å². The van der Waals surface area contributed by atoms with Crippen molar-refractivity contribution in [1.29, 1.82) is 0 Å². The Labute approximate surface area is 93.5 Å². The van der Waals surface area contributed by atoms with Crippen LogP contribution in [0.25, 0.3) is 0 Å². The van der Waals surface area contributed by atoms with Crippen LogP contribution in [0.3, 0.4) is 0 Å². The summed E-state index contributed by atoms with van der Waals surface area (Å²) in [7, 11) is 0. The number of aliphatic hydroxyl groups is 1. The molecule has 0 fully saturated rings. The van der Waals surface area contributed by atoms with Crippen LogP contribution in [-0.2, 0) is 0 Å². The zero-order chi connectivity index (χ0) is 11.7. The van der Waals surface area contributed by atoms with E-state index in [-0.39, 0.29) is 6.10 Å². The van der Waals surface area contributed by atoms with Gasteiger partial charge in [-0.05, 0) is 33.6 Å². The van der Waals surface area contributed by atoms with Crippen molar-refractivity contribution in [3.63, 3.8) is 0 Å². The van der Waals surface area contributed by atoms with Crippen LogP contribution in [0.15, 0.2) is 48.1 Å². The summed E-state index contributed by atoms with van der Waals surface area (Å²) in [6, 6.07) is 0. The SMILES string of the molecule is C=C/C(C)=C\C=C\[C@H](O)CCC=C(C)C. The molecule has 0 saturated carbocycles. The smallest absolute Gasteiger partial charge is 0.0726 e. The quantitative estimate of drug-likeness (QED) is 0.518. The number of rotatable bonds is 6. The van der Waals surface area contributed by atoms with Gasteiger partial charge in [0.25, 0.3) is 0 Å². The molecule has 1 atom stereocenters. The first-order valence-electron chi connectivity index (χ1n) is 5.35. The second-order valence-electron chi connectivity index (χ2n) is 3.93. The molecule has 0 rings (SSSR count). The fourth-order valence-electron chi connectivity index (χ4n) is 1.04. The predicted octanol–water partition coefficient (Wildman–Crippen LogP) is 3.78. The van der Waals surface area contributed by atoms with Gasteiger partial charge in [-0.3, -0.25) is 0 Å². The van der Waals surface area contributed by atoms with Gasteiger partial charge >= 0.3 is 0 Å². The van der Waals surface area contributed by atoms with Gasteiger partial charge in [0.15, 0.2) is 0 Å². The summed E-state index contributed by atoms with van der Waals surface area (Å²) >= 11 is 0. The molecule has 1 nitrogen and oxygen atoms in total. The van der Waals surface area contributed by atoms with Crippen LogP contribution < -0.4 is 0 Å². The third kappa shape index (κ3) is 9.23. The van der Waals surface area contributed by atoms with Crippen LogP contribution in [0, 0.1) is 0 Å². The lowest BCUT2D eigenvalue weighted by Crippen LogP contribution is -2.00. The van der Waals surface area contributed by atoms with Crippen LogP contribution in [0.1, 0.15) is 33.6 Å². The average molecular weight is 206 g/mol. The summed E-state index contributed by atoms with van der Waals surface area (Å²) in [6.07, 6.45) is 10.9. The highest BCUT2D eigenvalue weighted by Gasteiger charge is 1.95. The van der Waals surface area contributed by atoms with Crippen molar-refractivity contribution in [3.05, 3.63) is 48.1 Å².